The molecule has 0 aromatic carbocycles. The summed E-state index contributed by atoms with van der Waals surface area (Å²) in [5.41, 5.74) is 6.24. The Hall–Kier alpha value is -0.570. The van der Waals surface area contributed by atoms with E-state index >= 15 is 0 Å². The Morgan fingerprint density at radius 3 is 2.00 bits per heavy atom. The van der Waals surface area contributed by atoms with Crippen molar-refractivity contribution in [3.05, 3.63) is 0 Å². The second kappa shape index (κ2) is 7.70. The lowest BCUT2D eigenvalue weighted by Gasteiger charge is -2.26. The first kappa shape index (κ1) is 16.4. The van der Waals surface area contributed by atoms with Crippen LogP contribution in [-0.4, -0.2) is 29.9 Å². The summed E-state index contributed by atoms with van der Waals surface area (Å²) in [4.78, 5) is 14.0. The number of rotatable bonds is 7. The topological polar surface area (TPSA) is 46.3 Å². The van der Waals surface area contributed by atoms with Gasteiger partial charge in [-0.15, -0.1) is 0 Å². The largest absolute Gasteiger partial charge is 0.343 e. The number of carbonyl (C=O) groups is 1. The van der Waals surface area contributed by atoms with Gasteiger partial charge in [0.15, 0.2) is 0 Å². The molecule has 0 heterocycles. The van der Waals surface area contributed by atoms with E-state index in [1.165, 1.54) is 0 Å². The lowest BCUT2D eigenvalue weighted by Crippen LogP contribution is -2.38. The first-order valence-electron chi connectivity index (χ1n) is 6.83. The number of hydrogen-bond donors (Lipinski definition) is 1. The van der Waals surface area contributed by atoms with Crippen LogP contribution in [0.25, 0.3) is 0 Å². The van der Waals surface area contributed by atoms with E-state index in [1.807, 2.05) is 4.90 Å². The number of carbonyl (C=O) groups excluding carboxylic acids is 1. The fourth-order valence-electron chi connectivity index (χ4n) is 2.11. The summed E-state index contributed by atoms with van der Waals surface area (Å²) in [6.45, 7) is 12.4. The molecule has 0 fully saturated rings. The average molecular weight is 242 g/mol. The van der Waals surface area contributed by atoms with Gasteiger partial charge >= 0.3 is 0 Å². The van der Waals surface area contributed by atoms with Crippen LogP contribution in [0.15, 0.2) is 0 Å². The summed E-state index contributed by atoms with van der Waals surface area (Å²) in [6, 6.07) is -0.0151. The molecule has 0 aromatic heterocycles. The van der Waals surface area contributed by atoms with Gasteiger partial charge in [0.1, 0.15) is 0 Å². The van der Waals surface area contributed by atoms with Crippen molar-refractivity contribution in [1.82, 2.24) is 4.90 Å². The Bertz CT molecular complexity index is 215. The van der Waals surface area contributed by atoms with Crippen molar-refractivity contribution in [3.8, 4) is 0 Å². The Morgan fingerprint density at radius 2 is 1.65 bits per heavy atom. The van der Waals surface area contributed by atoms with Gasteiger partial charge in [0.2, 0.25) is 5.91 Å². The molecule has 1 unspecified atom stereocenters. The van der Waals surface area contributed by atoms with Crippen molar-refractivity contribution < 1.29 is 4.79 Å². The van der Waals surface area contributed by atoms with Gasteiger partial charge in [-0.05, 0) is 24.7 Å². The van der Waals surface area contributed by atoms with Crippen molar-refractivity contribution in [2.24, 2.45) is 11.1 Å². The summed E-state index contributed by atoms with van der Waals surface area (Å²) < 4.78 is 0. The number of hydrogen-bond acceptors (Lipinski definition) is 2. The average Bonchev–Trinajstić information content (AvgIpc) is 2.14. The van der Waals surface area contributed by atoms with Crippen molar-refractivity contribution in [1.29, 1.82) is 0 Å². The number of nitrogens with zero attached hydrogens (tertiary/aromatic N) is 1. The Morgan fingerprint density at radius 1 is 1.18 bits per heavy atom. The minimum atomic E-state index is -0.0151. The van der Waals surface area contributed by atoms with Crippen LogP contribution >= 0.6 is 0 Å². The van der Waals surface area contributed by atoms with E-state index in [4.69, 9.17) is 5.73 Å². The first-order chi connectivity index (χ1) is 7.80. The van der Waals surface area contributed by atoms with Gasteiger partial charge in [0.25, 0.3) is 0 Å². The maximum atomic E-state index is 12.1. The van der Waals surface area contributed by atoms with Gasteiger partial charge < -0.3 is 10.6 Å². The zero-order valence-corrected chi connectivity index (χ0v) is 12.3. The third kappa shape index (κ3) is 8.19. The minimum absolute atomic E-state index is 0.0151. The molecule has 3 heteroatoms. The molecule has 0 saturated heterocycles. The van der Waals surface area contributed by atoms with Crippen LogP contribution in [0.5, 0.6) is 0 Å². The molecule has 0 aliphatic carbocycles. The van der Waals surface area contributed by atoms with Crippen molar-refractivity contribution >= 4 is 5.91 Å². The summed E-state index contributed by atoms with van der Waals surface area (Å²) in [5, 5.41) is 0. The molecule has 1 atom stereocenters. The number of nitrogens with two attached hydrogens (primary N) is 1. The van der Waals surface area contributed by atoms with E-state index in [2.05, 4.69) is 34.6 Å². The molecule has 0 spiro atoms. The predicted octanol–water partition coefficient (Wildman–Crippen LogP) is 2.79. The normalized spacial score (nSPS) is 13.5. The Balaban J connectivity index is 4.19. The standard InChI is InChI=1S/C14H30N2O/c1-6-8-16(9-7-2)13(17)10-12(15)11-14(3,4)5/h12H,6-11,15H2,1-5H3. The van der Waals surface area contributed by atoms with Crippen LogP contribution < -0.4 is 5.73 Å². The molecule has 0 bridgehead atoms. The fourth-order valence-corrected chi connectivity index (χ4v) is 2.11. The molecule has 17 heavy (non-hydrogen) atoms. The molecule has 102 valence electrons. The van der Waals surface area contributed by atoms with Gasteiger partial charge in [-0.25, -0.2) is 0 Å². The van der Waals surface area contributed by atoms with E-state index in [9.17, 15) is 4.79 Å². The predicted molar refractivity (Wildman–Crippen MR) is 73.8 cm³/mol. The lowest BCUT2D eigenvalue weighted by atomic mass is 9.87. The maximum absolute atomic E-state index is 12.1. The fraction of sp³-hybridized carbons (Fsp3) is 0.929. The highest BCUT2D eigenvalue weighted by molar-refractivity contribution is 5.76. The molecular formula is C14H30N2O. The van der Waals surface area contributed by atoms with Gasteiger partial charge in [-0.1, -0.05) is 34.6 Å². The van der Waals surface area contributed by atoms with Gasteiger partial charge in [-0.3, -0.25) is 4.79 Å². The Kier molecular flexibility index (Phi) is 7.44. The molecule has 0 aliphatic rings. The third-order valence-electron chi connectivity index (χ3n) is 2.65. The zero-order valence-electron chi connectivity index (χ0n) is 12.3. The van der Waals surface area contributed by atoms with Crippen LogP contribution in [0, 0.1) is 5.41 Å². The van der Waals surface area contributed by atoms with Crippen LogP contribution in [0.3, 0.4) is 0 Å². The van der Waals surface area contributed by atoms with Crippen molar-refractivity contribution in [2.75, 3.05) is 13.1 Å². The minimum Gasteiger partial charge on any atom is -0.343 e. The summed E-state index contributed by atoms with van der Waals surface area (Å²) in [6.07, 6.45) is 3.41. The molecule has 0 aliphatic heterocycles. The number of amides is 1. The first-order valence-corrected chi connectivity index (χ1v) is 6.83. The highest BCUT2D eigenvalue weighted by Gasteiger charge is 2.20. The maximum Gasteiger partial charge on any atom is 0.224 e. The second-order valence-electron chi connectivity index (χ2n) is 6.11. The van der Waals surface area contributed by atoms with E-state index in [-0.39, 0.29) is 17.4 Å². The molecule has 0 saturated carbocycles. The van der Waals surface area contributed by atoms with Crippen molar-refractivity contribution in [2.45, 2.75) is 66.3 Å². The smallest absolute Gasteiger partial charge is 0.224 e. The van der Waals surface area contributed by atoms with Crippen LogP contribution in [-0.2, 0) is 4.79 Å². The summed E-state index contributed by atoms with van der Waals surface area (Å²) in [7, 11) is 0. The SMILES string of the molecule is CCCN(CCC)C(=O)CC(N)CC(C)(C)C. The van der Waals surface area contributed by atoms with Crippen LogP contribution in [0.4, 0.5) is 0 Å². The van der Waals surface area contributed by atoms with Gasteiger partial charge in [0.05, 0.1) is 0 Å². The molecule has 3 nitrogen and oxygen atoms in total. The lowest BCUT2D eigenvalue weighted by molar-refractivity contribution is -0.131. The van der Waals surface area contributed by atoms with E-state index in [1.54, 1.807) is 0 Å². The zero-order chi connectivity index (χ0) is 13.5. The molecule has 1 amide bonds. The second-order valence-corrected chi connectivity index (χ2v) is 6.11. The van der Waals surface area contributed by atoms with Crippen molar-refractivity contribution in [3.63, 3.8) is 0 Å². The monoisotopic (exact) mass is 242 g/mol. The van der Waals surface area contributed by atoms with Crippen LogP contribution in [0.2, 0.25) is 0 Å². The van der Waals surface area contributed by atoms with Gasteiger partial charge in [0, 0.05) is 25.6 Å². The Labute approximate surface area is 107 Å². The van der Waals surface area contributed by atoms with E-state index in [0.29, 0.717) is 6.42 Å². The molecular weight excluding hydrogens is 212 g/mol. The summed E-state index contributed by atoms with van der Waals surface area (Å²) >= 11 is 0. The molecule has 0 radical (unpaired) electrons. The van der Waals surface area contributed by atoms with Gasteiger partial charge in [-0.2, -0.15) is 0 Å². The highest BCUT2D eigenvalue weighted by atomic mass is 16.2. The quantitative estimate of drug-likeness (QED) is 0.746. The van der Waals surface area contributed by atoms with Crippen LogP contribution in [0.1, 0.15) is 60.3 Å². The molecule has 0 aromatic rings. The molecule has 0 rings (SSSR count). The van der Waals surface area contributed by atoms with E-state index < -0.39 is 0 Å². The molecule has 2 N–H and O–H groups in total. The highest BCUT2D eigenvalue weighted by Crippen LogP contribution is 2.21. The summed E-state index contributed by atoms with van der Waals surface area (Å²) in [5.74, 6) is 0.213. The van der Waals surface area contributed by atoms with E-state index in [0.717, 1.165) is 32.4 Å². The third-order valence-corrected chi connectivity index (χ3v) is 2.65.